The Labute approximate surface area is 132 Å². The first kappa shape index (κ1) is 15.7. The summed E-state index contributed by atoms with van der Waals surface area (Å²) in [7, 11) is 0. The van der Waals surface area contributed by atoms with E-state index < -0.39 is 0 Å². The SMILES string of the molecule is CCNC(Cc1ccc(F)cc1Br)c1cc(C)c(C)s1. The van der Waals surface area contributed by atoms with E-state index in [2.05, 4.69) is 48.1 Å². The van der Waals surface area contributed by atoms with Gasteiger partial charge in [-0.05, 0) is 56.1 Å². The second-order valence-electron chi connectivity index (χ2n) is 4.94. The van der Waals surface area contributed by atoms with Crippen molar-refractivity contribution in [1.82, 2.24) is 5.32 Å². The largest absolute Gasteiger partial charge is 0.309 e. The van der Waals surface area contributed by atoms with Crippen LogP contribution in [0.1, 0.15) is 33.8 Å². The van der Waals surface area contributed by atoms with Crippen LogP contribution in [0.3, 0.4) is 0 Å². The zero-order valence-electron chi connectivity index (χ0n) is 12.0. The number of aryl methyl sites for hydroxylation is 2. The quantitative estimate of drug-likeness (QED) is 0.780. The van der Waals surface area contributed by atoms with Crippen molar-refractivity contribution in [2.45, 2.75) is 33.2 Å². The zero-order chi connectivity index (χ0) is 14.7. The van der Waals surface area contributed by atoms with Crippen LogP contribution in [0.25, 0.3) is 0 Å². The molecular weight excluding hydrogens is 337 g/mol. The Hall–Kier alpha value is -0.710. The van der Waals surface area contributed by atoms with Crippen LogP contribution in [0.2, 0.25) is 0 Å². The fraction of sp³-hybridized carbons (Fsp3) is 0.375. The molecule has 0 spiro atoms. The molecule has 0 saturated heterocycles. The van der Waals surface area contributed by atoms with E-state index in [1.807, 2.05) is 17.4 Å². The van der Waals surface area contributed by atoms with Gasteiger partial charge in [0.1, 0.15) is 5.82 Å². The van der Waals surface area contributed by atoms with Crippen LogP contribution in [0.4, 0.5) is 4.39 Å². The monoisotopic (exact) mass is 355 g/mol. The molecule has 1 aromatic heterocycles. The Morgan fingerprint density at radius 3 is 2.60 bits per heavy atom. The second-order valence-corrected chi connectivity index (χ2v) is 7.08. The van der Waals surface area contributed by atoms with Crippen LogP contribution in [-0.2, 0) is 6.42 Å². The summed E-state index contributed by atoms with van der Waals surface area (Å²) < 4.78 is 14.0. The van der Waals surface area contributed by atoms with E-state index >= 15 is 0 Å². The molecule has 1 N–H and O–H groups in total. The molecule has 0 bridgehead atoms. The third kappa shape index (κ3) is 3.68. The third-order valence-electron chi connectivity index (χ3n) is 3.42. The van der Waals surface area contributed by atoms with Gasteiger partial charge in [0.25, 0.3) is 0 Å². The first-order chi connectivity index (χ1) is 9.51. The molecule has 1 aromatic carbocycles. The molecule has 2 rings (SSSR count). The molecule has 0 amide bonds. The Bertz CT molecular complexity index is 575. The van der Waals surface area contributed by atoms with Gasteiger partial charge in [-0.3, -0.25) is 0 Å². The van der Waals surface area contributed by atoms with Crippen LogP contribution in [0.15, 0.2) is 28.7 Å². The number of nitrogens with one attached hydrogen (secondary N) is 1. The minimum atomic E-state index is -0.205. The molecule has 1 unspecified atom stereocenters. The Morgan fingerprint density at radius 2 is 2.05 bits per heavy atom. The van der Waals surface area contributed by atoms with Gasteiger partial charge in [-0.2, -0.15) is 0 Å². The van der Waals surface area contributed by atoms with Gasteiger partial charge in [0.05, 0.1) is 0 Å². The van der Waals surface area contributed by atoms with Crippen molar-refractivity contribution >= 4 is 27.3 Å². The number of hydrogen-bond donors (Lipinski definition) is 1. The van der Waals surface area contributed by atoms with Crippen molar-refractivity contribution in [3.8, 4) is 0 Å². The molecule has 20 heavy (non-hydrogen) atoms. The predicted molar refractivity (Wildman–Crippen MR) is 88.0 cm³/mol. The third-order valence-corrected chi connectivity index (χ3v) is 5.42. The number of likely N-dealkylation sites (N-methyl/N-ethyl adjacent to an activating group) is 1. The maximum absolute atomic E-state index is 13.2. The molecule has 1 atom stereocenters. The normalized spacial score (nSPS) is 12.7. The number of hydrogen-bond acceptors (Lipinski definition) is 2. The summed E-state index contributed by atoms with van der Waals surface area (Å²) >= 11 is 5.29. The lowest BCUT2D eigenvalue weighted by Gasteiger charge is -2.17. The van der Waals surface area contributed by atoms with Crippen molar-refractivity contribution in [3.63, 3.8) is 0 Å². The van der Waals surface area contributed by atoms with Gasteiger partial charge in [-0.15, -0.1) is 11.3 Å². The topological polar surface area (TPSA) is 12.0 Å². The predicted octanol–water partition coefficient (Wildman–Crippen LogP) is 5.16. The minimum Gasteiger partial charge on any atom is -0.309 e. The van der Waals surface area contributed by atoms with E-state index in [0.29, 0.717) is 0 Å². The maximum atomic E-state index is 13.2. The molecule has 0 aliphatic rings. The highest BCUT2D eigenvalue weighted by atomic mass is 79.9. The van der Waals surface area contributed by atoms with Gasteiger partial charge in [0.2, 0.25) is 0 Å². The van der Waals surface area contributed by atoms with Gasteiger partial charge < -0.3 is 5.32 Å². The summed E-state index contributed by atoms with van der Waals surface area (Å²) in [6.07, 6.45) is 0.855. The fourth-order valence-electron chi connectivity index (χ4n) is 2.20. The molecule has 108 valence electrons. The first-order valence-electron chi connectivity index (χ1n) is 6.75. The Morgan fingerprint density at radius 1 is 1.30 bits per heavy atom. The van der Waals surface area contributed by atoms with Crippen LogP contribution in [0, 0.1) is 19.7 Å². The summed E-state index contributed by atoms with van der Waals surface area (Å²) in [5.74, 6) is -0.205. The molecule has 1 nitrogen and oxygen atoms in total. The van der Waals surface area contributed by atoms with Gasteiger partial charge >= 0.3 is 0 Å². The maximum Gasteiger partial charge on any atom is 0.124 e. The molecule has 0 saturated carbocycles. The average Bonchev–Trinajstić information content (AvgIpc) is 2.72. The lowest BCUT2D eigenvalue weighted by atomic mass is 10.0. The average molecular weight is 356 g/mol. The summed E-state index contributed by atoms with van der Waals surface area (Å²) in [6, 6.07) is 7.44. The summed E-state index contributed by atoms with van der Waals surface area (Å²) in [5.41, 5.74) is 2.46. The van der Waals surface area contributed by atoms with Crippen molar-refractivity contribution in [1.29, 1.82) is 0 Å². The van der Waals surface area contributed by atoms with Crippen LogP contribution >= 0.6 is 27.3 Å². The number of halogens is 2. The molecule has 1 heterocycles. The minimum absolute atomic E-state index is 0.205. The van der Waals surface area contributed by atoms with Crippen molar-refractivity contribution < 1.29 is 4.39 Å². The van der Waals surface area contributed by atoms with Gasteiger partial charge in [0, 0.05) is 20.3 Å². The highest BCUT2D eigenvalue weighted by molar-refractivity contribution is 9.10. The van der Waals surface area contributed by atoms with E-state index in [-0.39, 0.29) is 11.9 Å². The zero-order valence-corrected chi connectivity index (χ0v) is 14.4. The van der Waals surface area contributed by atoms with Crippen molar-refractivity contribution in [2.75, 3.05) is 6.54 Å². The van der Waals surface area contributed by atoms with Gasteiger partial charge in [0.15, 0.2) is 0 Å². The second kappa shape index (κ2) is 6.83. The molecular formula is C16H19BrFNS. The smallest absolute Gasteiger partial charge is 0.124 e. The van der Waals surface area contributed by atoms with Gasteiger partial charge in [-0.25, -0.2) is 4.39 Å². The lowest BCUT2D eigenvalue weighted by molar-refractivity contribution is 0.555. The van der Waals surface area contributed by atoms with Crippen LogP contribution < -0.4 is 5.32 Å². The molecule has 0 aliphatic carbocycles. The number of thiophene rings is 1. The number of rotatable bonds is 5. The molecule has 0 radical (unpaired) electrons. The lowest BCUT2D eigenvalue weighted by Crippen LogP contribution is -2.22. The fourth-order valence-corrected chi connectivity index (χ4v) is 3.83. The van der Waals surface area contributed by atoms with E-state index in [1.165, 1.54) is 27.5 Å². The molecule has 0 fully saturated rings. The van der Waals surface area contributed by atoms with Crippen molar-refractivity contribution in [3.05, 3.63) is 55.4 Å². The molecule has 0 aliphatic heterocycles. The van der Waals surface area contributed by atoms with Crippen molar-refractivity contribution in [2.24, 2.45) is 0 Å². The van der Waals surface area contributed by atoms with E-state index in [1.54, 1.807) is 0 Å². The standard InChI is InChI=1S/C16H19BrFNS/c1-4-19-15(16-7-10(2)11(3)20-16)8-12-5-6-13(18)9-14(12)17/h5-7,9,15,19H,4,8H2,1-3H3. The molecule has 4 heteroatoms. The summed E-state index contributed by atoms with van der Waals surface area (Å²) in [6.45, 7) is 7.33. The van der Waals surface area contributed by atoms with Crippen LogP contribution in [-0.4, -0.2) is 6.54 Å². The highest BCUT2D eigenvalue weighted by Gasteiger charge is 2.16. The van der Waals surface area contributed by atoms with E-state index in [9.17, 15) is 4.39 Å². The summed E-state index contributed by atoms with van der Waals surface area (Å²) in [5, 5.41) is 3.53. The highest BCUT2D eigenvalue weighted by Crippen LogP contribution is 2.30. The van der Waals surface area contributed by atoms with E-state index in [4.69, 9.17) is 0 Å². The first-order valence-corrected chi connectivity index (χ1v) is 8.36. The summed E-state index contributed by atoms with van der Waals surface area (Å²) in [4.78, 5) is 2.71. The Kier molecular flexibility index (Phi) is 5.35. The number of benzene rings is 1. The van der Waals surface area contributed by atoms with E-state index in [0.717, 1.165) is 23.0 Å². The van der Waals surface area contributed by atoms with Gasteiger partial charge in [-0.1, -0.05) is 28.9 Å². The molecule has 2 aromatic rings. The van der Waals surface area contributed by atoms with Crippen LogP contribution in [0.5, 0.6) is 0 Å². The Balaban J connectivity index is 2.25.